The molecular formula is C16H24ClN3. The van der Waals surface area contributed by atoms with Gasteiger partial charge in [-0.2, -0.15) is 0 Å². The maximum atomic E-state index is 6.17. The van der Waals surface area contributed by atoms with Gasteiger partial charge in [0.15, 0.2) is 0 Å². The van der Waals surface area contributed by atoms with Crippen molar-refractivity contribution in [1.29, 1.82) is 0 Å². The highest BCUT2D eigenvalue weighted by molar-refractivity contribution is 6.22. The lowest BCUT2D eigenvalue weighted by molar-refractivity contribution is -0.0204. The molecular weight excluding hydrogens is 270 g/mol. The van der Waals surface area contributed by atoms with E-state index < -0.39 is 0 Å². The molecule has 20 heavy (non-hydrogen) atoms. The lowest BCUT2D eigenvalue weighted by Crippen LogP contribution is -2.60. The second-order valence-electron chi connectivity index (χ2n) is 7.97. The van der Waals surface area contributed by atoms with Crippen molar-refractivity contribution in [3.05, 3.63) is 12.2 Å². The van der Waals surface area contributed by atoms with Gasteiger partial charge in [-0.25, -0.2) is 10.4 Å². The lowest BCUT2D eigenvalue weighted by Gasteiger charge is -2.57. The first kappa shape index (κ1) is 12.5. The molecule has 2 heterocycles. The fraction of sp³-hybridized carbons (Fsp3) is 0.875. The predicted octanol–water partition coefficient (Wildman–Crippen LogP) is 2.24. The first-order valence-electron chi connectivity index (χ1n) is 8.33. The van der Waals surface area contributed by atoms with Gasteiger partial charge in [-0.05, 0) is 56.3 Å². The number of nitrogens with zero attached hydrogens (tertiary/aromatic N) is 1. The second-order valence-corrected chi connectivity index (χ2v) is 8.42. The Morgan fingerprint density at radius 2 is 1.75 bits per heavy atom. The molecule has 4 heteroatoms. The number of rotatable bonds is 3. The van der Waals surface area contributed by atoms with Crippen LogP contribution in [0.15, 0.2) is 12.2 Å². The monoisotopic (exact) mass is 293 g/mol. The summed E-state index contributed by atoms with van der Waals surface area (Å²) in [6.07, 6.45) is 13.4. The van der Waals surface area contributed by atoms with Crippen molar-refractivity contribution < 1.29 is 0 Å². The standard InChI is InChI=1S/C16H24ClN3/c17-15-14-2-1-13(19-20(14)15)9-18-16-6-10-3-11(7-16)5-12(4-10)8-16/h1-2,10-15,18-19H,3-9H2. The van der Waals surface area contributed by atoms with E-state index in [4.69, 9.17) is 11.6 Å². The largest absolute Gasteiger partial charge is 0.309 e. The molecule has 3 nitrogen and oxygen atoms in total. The van der Waals surface area contributed by atoms with Gasteiger partial charge in [-0.1, -0.05) is 12.2 Å². The van der Waals surface area contributed by atoms with Gasteiger partial charge in [0, 0.05) is 12.1 Å². The zero-order valence-electron chi connectivity index (χ0n) is 11.9. The number of nitrogens with one attached hydrogen (secondary N) is 2. The van der Waals surface area contributed by atoms with Crippen LogP contribution in [0.4, 0.5) is 0 Å². The SMILES string of the molecule is ClC1C2C=CC(CNC34CC5CC(CC(C5)C3)C4)NN12. The van der Waals surface area contributed by atoms with E-state index in [2.05, 4.69) is 27.9 Å². The van der Waals surface area contributed by atoms with Gasteiger partial charge in [0.2, 0.25) is 0 Å². The fourth-order valence-electron chi connectivity index (χ4n) is 5.81. The normalized spacial score (nSPS) is 58.8. The van der Waals surface area contributed by atoms with Crippen molar-refractivity contribution in [2.24, 2.45) is 17.8 Å². The average molecular weight is 294 g/mol. The summed E-state index contributed by atoms with van der Waals surface area (Å²) in [4.78, 5) is 0. The molecule has 0 aromatic rings. The maximum Gasteiger partial charge on any atom is 0.119 e. The van der Waals surface area contributed by atoms with Gasteiger partial charge in [0.05, 0.1) is 12.1 Å². The minimum absolute atomic E-state index is 0.177. The van der Waals surface area contributed by atoms with E-state index in [9.17, 15) is 0 Å². The topological polar surface area (TPSA) is 27.1 Å². The molecule has 4 aliphatic carbocycles. The zero-order valence-corrected chi connectivity index (χ0v) is 12.6. The Balaban J connectivity index is 1.24. The van der Waals surface area contributed by atoms with Crippen LogP contribution >= 0.6 is 11.6 Å². The van der Waals surface area contributed by atoms with Gasteiger partial charge in [-0.15, -0.1) is 11.6 Å². The van der Waals surface area contributed by atoms with E-state index in [-0.39, 0.29) is 5.50 Å². The molecule has 0 aromatic heterocycles. The van der Waals surface area contributed by atoms with Gasteiger partial charge < -0.3 is 5.32 Å². The van der Waals surface area contributed by atoms with Gasteiger partial charge in [0.25, 0.3) is 0 Å². The molecule has 2 N–H and O–H groups in total. The number of fused-ring (bicyclic) bond motifs is 1. The van der Waals surface area contributed by atoms with Crippen molar-refractivity contribution in [1.82, 2.24) is 15.8 Å². The summed E-state index contributed by atoms with van der Waals surface area (Å²) in [6, 6.07) is 0.857. The average Bonchev–Trinajstić information content (AvgIpc) is 3.06. The quantitative estimate of drug-likeness (QED) is 0.362. The zero-order chi connectivity index (χ0) is 13.3. The minimum atomic E-state index is 0.177. The molecule has 4 unspecified atom stereocenters. The van der Waals surface area contributed by atoms with Gasteiger partial charge in [-0.3, -0.25) is 0 Å². The Labute approximate surface area is 126 Å². The van der Waals surface area contributed by atoms with Crippen LogP contribution in [0.2, 0.25) is 0 Å². The van der Waals surface area contributed by atoms with Crippen LogP contribution in [-0.4, -0.2) is 34.7 Å². The van der Waals surface area contributed by atoms with E-state index in [1.165, 1.54) is 38.5 Å². The van der Waals surface area contributed by atoms with E-state index >= 15 is 0 Å². The van der Waals surface area contributed by atoms with Crippen LogP contribution in [0, 0.1) is 17.8 Å². The van der Waals surface area contributed by atoms with Crippen LogP contribution in [0.5, 0.6) is 0 Å². The Bertz CT molecular complexity index is 414. The second kappa shape index (κ2) is 4.22. The third-order valence-corrected chi connectivity index (χ3v) is 6.84. The summed E-state index contributed by atoms with van der Waals surface area (Å²) in [5.41, 5.74) is 4.17. The first-order chi connectivity index (χ1) is 9.71. The van der Waals surface area contributed by atoms with Gasteiger partial charge >= 0.3 is 0 Å². The Kier molecular flexibility index (Phi) is 2.63. The van der Waals surface area contributed by atoms with Crippen LogP contribution in [0.3, 0.4) is 0 Å². The molecule has 0 spiro atoms. The molecule has 6 aliphatic rings. The predicted molar refractivity (Wildman–Crippen MR) is 80.2 cm³/mol. The van der Waals surface area contributed by atoms with Crippen LogP contribution in [0.1, 0.15) is 38.5 Å². The number of hydrogen-bond acceptors (Lipinski definition) is 3. The van der Waals surface area contributed by atoms with Crippen LogP contribution in [-0.2, 0) is 0 Å². The van der Waals surface area contributed by atoms with Crippen molar-refractivity contribution in [3.8, 4) is 0 Å². The van der Waals surface area contributed by atoms with Crippen LogP contribution in [0.25, 0.3) is 0 Å². The minimum Gasteiger partial charge on any atom is -0.309 e. The summed E-state index contributed by atoms with van der Waals surface area (Å²) in [5, 5.41) is 6.13. The lowest BCUT2D eigenvalue weighted by atomic mass is 9.53. The maximum absolute atomic E-state index is 6.17. The highest BCUT2D eigenvalue weighted by atomic mass is 35.5. The summed E-state index contributed by atoms with van der Waals surface area (Å²) in [7, 11) is 0. The molecule has 4 atom stereocenters. The van der Waals surface area contributed by atoms with E-state index in [1.807, 2.05) is 0 Å². The summed E-state index contributed by atoms with van der Waals surface area (Å²) in [6.45, 7) is 1.05. The van der Waals surface area contributed by atoms with E-state index in [0.717, 1.165) is 24.3 Å². The van der Waals surface area contributed by atoms with Gasteiger partial charge in [0.1, 0.15) is 5.50 Å². The Hall–Kier alpha value is -0.0900. The fourth-order valence-corrected chi connectivity index (χ4v) is 6.14. The molecule has 5 fully saturated rings. The Morgan fingerprint density at radius 1 is 1.10 bits per heavy atom. The molecule has 4 saturated carbocycles. The number of hydrogen-bond donors (Lipinski definition) is 2. The van der Waals surface area contributed by atoms with E-state index in [0.29, 0.717) is 17.6 Å². The molecule has 1 saturated heterocycles. The summed E-state index contributed by atoms with van der Waals surface area (Å²) >= 11 is 6.17. The molecule has 2 aliphatic heterocycles. The third-order valence-electron chi connectivity index (χ3n) is 6.37. The van der Waals surface area contributed by atoms with Crippen molar-refractivity contribution >= 4 is 11.6 Å². The smallest absolute Gasteiger partial charge is 0.119 e. The molecule has 4 bridgehead atoms. The molecule has 110 valence electrons. The van der Waals surface area contributed by atoms with Crippen molar-refractivity contribution in [2.45, 2.75) is 61.6 Å². The Morgan fingerprint density at radius 3 is 2.35 bits per heavy atom. The first-order valence-corrected chi connectivity index (χ1v) is 8.76. The molecule has 0 radical (unpaired) electrons. The van der Waals surface area contributed by atoms with E-state index in [1.54, 1.807) is 0 Å². The number of alkyl halides is 1. The molecule has 6 rings (SSSR count). The number of hydrazine groups is 1. The molecule has 0 amide bonds. The van der Waals surface area contributed by atoms with Crippen molar-refractivity contribution in [3.63, 3.8) is 0 Å². The molecule has 0 aromatic carbocycles. The number of halogens is 1. The summed E-state index contributed by atoms with van der Waals surface area (Å²) in [5.74, 6) is 3.06. The highest BCUT2D eigenvalue weighted by Crippen LogP contribution is 2.55. The third kappa shape index (κ3) is 1.90. The summed E-state index contributed by atoms with van der Waals surface area (Å²) < 4.78 is 0. The van der Waals surface area contributed by atoms with Crippen LogP contribution < -0.4 is 10.7 Å². The highest BCUT2D eigenvalue weighted by Gasteiger charge is 2.51. The van der Waals surface area contributed by atoms with Crippen molar-refractivity contribution in [2.75, 3.05) is 6.54 Å².